The third-order valence-corrected chi connectivity index (χ3v) is 2.80. The van der Waals surface area contributed by atoms with Gasteiger partial charge in [0.1, 0.15) is 10.9 Å². The number of ether oxygens (including phenoxy) is 1. The summed E-state index contributed by atoms with van der Waals surface area (Å²) in [6.07, 6.45) is 0. The summed E-state index contributed by atoms with van der Waals surface area (Å²) < 4.78 is 6.40. The van der Waals surface area contributed by atoms with Gasteiger partial charge in [0.25, 0.3) is 0 Å². The Morgan fingerprint density at radius 3 is 2.71 bits per heavy atom. The number of nitrogens with zero attached hydrogens (tertiary/aromatic N) is 2. The van der Waals surface area contributed by atoms with Crippen molar-refractivity contribution >= 4 is 33.5 Å². The SMILES string of the molecule is Cc1ccc(Oc2cc(Cl)nc(N)n2)c(Br)c1. The Labute approximate surface area is 112 Å². The van der Waals surface area contributed by atoms with E-state index >= 15 is 0 Å². The van der Waals surface area contributed by atoms with E-state index in [1.165, 1.54) is 6.07 Å². The van der Waals surface area contributed by atoms with E-state index < -0.39 is 0 Å². The molecule has 0 saturated carbocycles. The summed E-state index contributed by atoms with van der Waals surface area (Å²) in [4.78, 5) is 7.68. The molecule has 2 rings (SSSR count). The molecule has 0 aliphatic carbocycles. The molecule has 0 saturated heterocycles. The molecule has 0 fully saturated rings. The Balaban J connectivity index is 2.31. The number of aryl methyl sites for hydroxylation is 1. The maximum atomic E-state index is 5.76. The maximum absolute atomic E-state index is 5.76. The van der Waals surface area contributed by atoms with Gasteiger partial charge in [0.05, 0.1) is 4.47 Å². The van der Waals surface area contributed by atoms with E-state index in [1.54, 1.807) is 0 Å². The molecule has 17 heavy (non-hydrogen) atoms. The third-order valence-electron chi connectivity index (χ3n) is 1.99. The molecule has 0 atom stereocenters. The van der Waals surface area contributed by atoms with Crippen LogP contribution in [0.4, 0.5) is 5.95 Å². The molecule has 2 aromatic rings. The number of halogens is 2. The molecule has 0 aliphatic heterocycles. The molecule has 0 amide bonds. The number of rotatable bonds is 2. The van der Waals surface area contributed by atoms with E-state index in [1.807, 2.05) is 25.1 Å². The molecule has 0 aliphatic rings. The van der Waals surface area contributed by atoms with Crippen LogP contribution in [0, 0.1) is 6.92 Å². The highest BCUT2D eigenvalue weighted by atomic mass is 79.9. The lowest BCUT2D eigenvalue weighted by atomic mass is 10.2. The van der Waals surface area contributed by atoms with Crippen molar-refractivity contribution in [2.75, 3.05) is 5.73 Å². The maximum Gasteiger partial charge on any atom is 0.225 e. The van der Waals surface area contributed by atoms with Crippen LogP contribution < -0.4 is 10.5 Å². The molecule has 0 radical (unpaired) electrons. The van der Waals surface area contributed by atoms with E-state index in [9.17, 15) is 0 Å². The van der Waals surface area contributed by atoms with E-state index in [0.717, 1.165) is 10.0 Å². The Morgan fingerprint density at radius 2 is 2.06 bits per heavy atom. The van der Waals surface area contributed by atoms with E-state index in [0.29, 0.717) is 11.6 Å². The van der Waals surface area contributed by atoms with Gasteiger partial charge in [-0.05, 0) is 40.5 Å². The van der Waals surface area contributed by atoms with Crippen molar-refractivity contribution in [3.05, 3.63) is 39.5 Å². The molecule has 0 spiro atoms. The normalized spacial score (nSPS) is 10.3. The van der Waals surface area contributed by atoms with Gasteiger partial charge >= 0.3 is 0 Å². The zero-order valence-electron chi connectivity index (χ0n) is 8.95. The first kappa shape index (κ1) is 12.1. The van der Waals surface area contributed by atoms with Crippen molar-refractivity contribution in [2.24, 2.45) is 0 Å². The van der Waals surface area contributed by atoms with Gasteiger partial charge in [-0.25, -0.2) is 4.98 Å². The van der Waals surface area contributed by atoms with Crippen LogP contribution >= 0.6 is 27.5 Å². The smallest absolute Gasteiger partial charge is 0.225 e. The second kappa shape index (κ2) is 4.89. The number of nitrogens with two attached hydrogens (primary N) is 1. The number of anilines is 1. The van der Waals surface area contributed by atoms with Crippen molar-refractivity contribution in [1.29, 1.82) is 0 Å². The largest absolute Gasteiger partial charge is 0.438 e. The molecule has 4 nitrogen and oxygen atoms in total. The first-order valence-corrected chi connectivity index (χ1v) is 5.96. The highest BCUT2D eigenvalue weighted by molar-refractivity contribution is 9.10. The summed E-state index contributed by atoms with van der Waals surface area (Å²) in [7, 11) is 0. The van der Waals surface area contributed by atoms with E-state index in [2.05, 4.69) is 25.9 Å². The van der Waals surface area contributed by atoms with Gasteiger partial charge in [-0.15, -0.1) is 0 Å². The van der Waals surface area contributed by atoms with E-state index in [4.69, 9.17) is 22.1 Å². The van der Waals surface area contributed by atoms with E-state index in [-0.39, 0.29) is 11.1 Å². The average molecular weight is 315 g/mol. The Hall–Kier alpha value is -1.33. The molecule has 0 bridgehead atoms. The topological polar surface area (TPSA) is 61.0 Å². The molecular formula is C11H9BrClN3O. The lowest BCUT2D eigenvalue weighted by Gasteiger charge is -2.07. The summed E-state index contributed by atoms with van der Waals surface area (Å²) in [6.45, 7) is 1.99. The van der Waals surface area contributed by atoms with Crippen molar-refractivity contribution in [1.82, 2.24) is 9.97 Å². The van der Waals surface area contributed by atoms with Crippen LogP contribution in [0.25, 0.3) is 0 Å². The summed E-state index contributed by atoms with van der Waals surface area (Å²) in [5, 5.41) is 0.246. The van der Waals surface area contributed by atoms with Crippen LogP contribution in [0.15, 0.2) is 28.7 Å². The minimum absolute atomic E-state index is 0.0794. The fourth-order valence-corrected chi connectivity index (χ4v) is 2.02. The van der Waals surface area contributed by atoms with Gasteiger partial charge in [-0.2, -0.15) is 4.98 Å². The minimum atomic E-state index is 0.0794. The number of benzene rings is 1. The standard InChI is InChI=1S/C11H9BrClN3O/c1-6-2-3-8(7(12)4-6)17-10-5-9(13)15-11(14)16-10/h2-5H,1H3,(H2,14,15,16). The summed E-state index contributed by atoms with van der Waals surface area (Å²) in [5.41, 5.74) is 6.61. The first-order chi connectivity index (χ1) is 8.04. The molecule has 88 valence electrons. The van der Waals surface area contributed by atoms with Gasteiger partial charge in [0, 0.05) is 6.07 Å². The van der Waals surface area contributed by atoms with Gasteiger partial charge in [0.2, 0.25) is 11.8 Å². The quantitative estimate of drug-likeness (QED) is 0.861. The lowest BCUT2D eigenvalue weighted by molar-refractivity contribution is 0.459. The highest BCUT2D eigenvalue weighted by Crippen LogP contribution is 2.30. The molecule has 0 unspecified atom stereocenters. The van der Waals surface area contributed by atoms with Crippen LogP contribution in [0.5, 0.6) is 11.6 Å². The predicted octanol–water partition coefficient (Wildman–Crippen LogP) is 3.58. The van der Waals surface area contributed by atoms with Gasteiger partial charge in [-0.1, -0.05) is 17.7 Å². The van der Waals surface area contributed by atoms with Crippen LogP contribution in [-0.2, 0) is 0 Å². The van der Waals surface area contributed by atoms with Gasteiger partial charge in [0.15, 0.2) is 0 Å². The van der Waals surface area contributed by atoms with Crippen molar-refractivity contribution in [3.8, 4) is 11.6 Å². The summed E-state index contributed by atoms with van der Waals surface area (Å²) in [5.74, 6) is 1.03. The average Bonchev–Trinajstić information content (AvgIpc) is 2.21. The molecule has 1 aromatic carbocycles. The Kier molecular flexibility index (Phi) is 3.49. The van der Waals surface area contributed by atoms with Gasteiger partial charge < -0.3 is 10.5 Å². The minimum Gasteiger partial charge on any atom is -0.438 e. The second-order valence-corrected chi connectivity index (χ2v) is 4.66. The van der Waals surface area contributed by atoms with Crippen LogP contribution in [0.3, 0.4) is 0 Å². The summed E-state index contributed by atoms with van der Waals surface area (Å²) in [6, 6.07) is 7.23. The summed E-state index contributed by atoms with van der Waals surface area (Å²) >= 11 is 9.17. The molecule has 6 heteroatoms. The monoisotopic (exact) mass is 313 g/mol. The van der Waals surface area contributed by atoms with Crippen LogP contribution in [0.1, 0.15) is 5.56 Å². The van der Waals surface area contributed by atoms with Crippen LogP contribution in [-0.4, -0.2) is 9.97 Å². The highest BCUT2D eigenvalue weighted by Gasteiger charge is 2.06. The zero-order valence-corrected chi connectivity index (χ0v) is 11.3. The Morgan fingerprint density at radius 1 is 1.29 bits per heavy atom. The zero-order chi connectivity index (χ0) is 12.4. The van der Waals surface area contributed by atoms with Gasteiger partial charge in [-0.3, -0.25) is 0 Å². The second-order valence-electron chi connectivity index (χ2n) is 3.42. The number of aromatic nitrogens is 2. The fraction of sp³-hybridized carbons (Fsp3) is 0.0909. The van der Waals surface area contributed by atoms with Crippen LogP contribution in [0.2, 0.25) is 5.15 Å². The first-order valence-electron chi connectivity index (χ1n) is 4.78. The molecule has 1 heterocycles. The lowest BCUT2D eigenvalue weighted by Crippen LogP contribution is -1.97. The molecular weight excluding hydrogens is 305 g/mol. The number of hydrogen-bond donors (Lipinski definition) is 1. The Bertz CT molecular complexity index is 542. The van der Waals surface area contributed by atoms with Crippen molar-refractivity contribution in [2.45, 2.75) is 6.92 Å². The molecule has 2 N–H and O–H groups in total. The predicted molar refractivity (Wildman–Crippen MR) is 70.4 cm³/mol. The van der Waals surface area contributed by atoms with Crippen molar-refractivity contribution in [3.63, 3.8) is 0 Å². The number of nitrogen functional groups attached to an aromatic ring is 1. The molecule has 1 aromatic heterocycles. The van der Waals surface area contributed by atoms with Crippen molar-refractivity contribution < 1.29 is 4.74 Å². The third kappa shape index (κ3) is 3.08. The number of hydrogen-bond acceptors (Lipinski definition) is 4. The fourth-order valence-electron chi connectivity index (χ4n) is 1.27.